The summed E-state index contributed by atoms with van der Waals surface area (Å²) >= 11 is 0. The van der Waals surface area contributed by atoms with Crippen LogP contribution in [0.5, 0.6) is 0 Å². The molecule has 2 heterocycles. The predicted octanol–water partition coefficient (Wildman–Crippen LogP) is -5.56. The summed E-state index contributed by atoms with van der Waals surface area (Å²) in [6, 6.07) is -0.978. The van der Waals surface area contributed by atoms with E-state index in [2.05, 4.69) is 5.32 Å². The van der Waals surface area contributed by atoms with E-state index in [-0.39, 0.29) is 60.8 Å². The number of carbonyl (C=O) groups is 4. The van der Waals surface area contributed by atoms with Gasteiger partial charge in [-0.1, -0.05) is 0 Å². The molecule has 1 N–H and O–H groups in total. The van der Waals surface area contributed by atoms with Gasteiger partial charge in [0.25, 0.3) is 11.6 Å². The minimum Gasteiger partial charge on any atom is -0.544 e. The van der Waals surface area contributed by atoms with E-state index in [4.69, 9.17) is 9.57 Å². The van der Waals surface area contributed by atoms with Crippen molar-refractivity contribution in [1.82, 2.24) is 10.4 Å². The second-order valence-corrected chi connectivity index (χ2v) is 5.31. The zero-order valence-corrected chi connectivity index (χ0v) is 14.0. The summed E-state index contributed by atoms with van der Waals surface area (Å²) < 4.78 is 4.74. The molecule has 2 amide bonds. The minimum atomic E-state index is -2.24. The average molecular weight is 320 g/mol. The number of cyclic esters (lactones) is 1. The van der Waals surface area contributed by atoms with Gasteiger partial charge in [-0.3, -0.25) is 19.2 Å². The van der Waals surface area contributed by atoms with E-state index in [0.717, 1.165) is 12.8 Å². The fourth-order valence-electron chi connectivity index (χ4n) is 2.38. The van der Waals surface area contributed by atoms with E-state index < -0.39 is 29.6 Å². The van der Waals surface area contributed by atoms with Crippen LogP contribution in [0.15, 0.2) is 0 Å². The van der Waals surface area contributed by atoms with Gasteiger partial charge in [0.1, 0.15) is 18.6 Å². The maximum atomic E-state index is 12.2. The van der Waals surface area contributed by atoms with Crippen molar-refractivity contribution in [3.05, 3.63) is 0 Å². The minimum absolute atomic E-state index is 0. The van der Waals surface area contributed by atoms with E-state index in [0.29, 0.717) is 5.06 Å². The SMILES string of the molecule is O=C1CCC(C(=O)[O-])(N2OC[C@H](NC(=O)C3CC3)C2=O)O1.[Na+]. The predicted molar refractivity (Wildman–Crippen MR) is 60.5 cm³/mol. The van der Waals surface area contributed by atoms with Crippen molar-refractivity contribution in [1.29, 1.82) is 0 Å². The van der Waals surface area contributed by atoms with Gasteiger partial charge >= 0.3 is 35.5 Å². The van der Waals surface area contributed by atoms with Crippen LogP contribution in [0, 0.1) is 5.92 Å². The van der Waals surface area contributed by atoms with Gasteiger partial charge in [-0.05, 0) is 12.8 Å². The second-order valence-electron chi connectivity index (χ2n) is 5.31. The van der Waals surface area contributed by atoms with E-state index in [1.165, 1.54) is 0 Å². The van der Waals surface area contributed by atoms with Crippen LogP contribution < -0.4 is 40.0 Å². The van der Waals surface area contributed by atoms with Gasteiger partial charge in [-0.2, -0.15) is 5.06 Å². The topological polar surface area (TPSA) is 125 Å². The number of esters is 1. The molecule has 114 valence electrons. The Morgan fingerprint density at radius 3 is 2.50 bits per heavy atom. The molecule has 0 aromatic heterocycles. The number of carboxylic acid groups (broad SMARTS) is 1. The number of hydrogen-bond acceptors (Lipinski definition) is 7. The Labute approximate surface area is 147 Å². The summed E-state index contributed by atoms with van der Waals surface area (Å²) in [6.07, 6.45) is 1.15. The second kappa shape index (κ2) is 6.15. The van der Waals surface area contributed by atoms with Crippen molar-refractivity contribution in [2.24, 2.45) is 5.92 Å². The molecule has 0 spiro atoms. The number of hydrogen-bond donors (Lipinski definition) is 1. The van der Waals surface area contributed by atoms with Gasteiger partial charge in [-0.15, -0.1) is 0 Å². The zero-order chi connectivity index (χ0) is 15.2. The van der Waals surface area contributed by atoms with Crippen molar-refractivity contribution < 1.29 is 63.4 Å². The first-order valence-electron chi connectivity index (χ1n) is 6.65. The number of aliphatic carboxylic acids is 1. The number of nitrogens with zero attached hydrogens (tertiary/aromatic N) is 1. The molecule has 3 aliphatic rings. The van der Waals surface area contributed by atoms with Crippen molar-refractivity contribution in [3.63, 3.8) is 0 Å². The Bertz CT molecular complexity index is 536. The summed E-state index contributed by atoms with van der Waals surface area (Å²) in [7, 11) is 0. The normalized spacial score (nSPS) is 30.7. The van der Waals surface area contributed by atoms with Crippen LogP contribution in [0.2, 0.25) is 0 Å². The van der Waals surface area contributed by atoms with Crippen molar-refractivity contribution in [2.45, 2.75) is 37.5 Å². The summed E-state index contributed by atoms with van der Waals surface area (Å²) in [5.41, 5.74) is -2.24. The van der Waals surface area contributed by atoms with Gasteiger partial charge in [0.05, 0.1) is 6.42 Å². The van der Waals surface area contributed by atoms with E-state index >= 15 is 0 Å². The first kappa shape index (κ1) is 17.2. The number of ether oxygens (including phenoxy) is 1. The van der Waals surface area contributed by atoms with Gasteiger partial charge in [0.2, 0.25) is 5.91 Å². The van der Waals surface area contributed by atoms with Crippen LogP contribution in [0.4, 0.5) is 0 Å². The maximum absolute atomic E-state index is 12.2. The Hall–Kier alpha value is -1.16. The molecule has 22 heavy (non-hydrogen) atoms. The molecule has 2 saturated heterocycles. The Balaban J connectivity index is 0.00000176. The largest absolute Gasteiger partial charge is 1.00 e. The summed E-state index contributed by atoms with van der Waals surface area (Å²) in [5.74, 6) is -3.59. The van der Waals surface area contributed by atoms with Crippen molar-refractivity contribution >= 4 is 23.8 Å². The van der Waals surface area contributed by atoms with E-state index in [1.54, 1.807) is 0 Å². The first-order chi connectivity index (χ1) is 9.94. The Kier molecular flexibility index (Phi) is 4.81. The van der Waals surface area contributed by atoms with Gasteiger partial charge in [-0.25, -0.2) is 0 Å². The van der Waals surface area contributed by atoms with Gasteiger partial charge in [0, 0.05) is 12.3 Å². The number of nitrogens with one attached hydrogen (secondary N) is 1. The molecular weight excluding hydrogens is 307 g/mol. The smallest absolute Gasteiger partial charge is 0.544 e. The molecule has 2 atom stereocenters. The van der Waals surface area contributed by atoms with E-state index in [9.17, 15) is 24.3 Å². The molecule has 0 bridgehead atoms. The first-order valence-corrected chi connectivity index (χ1v) is 6.65. The van der Waals surface area contributed by atoms with Crippen LogP contribution in [0.25, 0.3) is 0 Å². The molecule has 1 unspecified atom stereocenters. The molecule has 3 fully saturated rings. The van der Waals surface area contributed by atoms with Crippen molar-refractivity contribution in [2.75, 3.05) is 6.61 Å². The van der Waals surface area contributed by atoms with E-state index in [1.807, 2.05) is 0 Å². The average Bonchev–Trinajstić information content (AvgIpc) is 3.12. The Morgan fingerprint density at radius 2 is 2.00 bits per heavy atom. The standard InChI is InChI=1S/C12H14N2O7.Na/c15-8-3-4-12(21-8,11(18)19)14-10(17)7(5-20-14)13-9(16)6-1-2-6;/h6-7H,1-5H2,(H,13,16)(H,18,19);/q;+1/p-1/t7-,12?;/m0./s1. The maximum Gasteiger partial charge on any atom is 1.00 e. The molecule has 9 nitrogen and oxygen atoms in total. The molecule has 3 rings (SSSR count). The molecule has 2 aliphatic heterocycles. The fourth-order valence-corrected chi connectivity index (χ4v) is 2.38. The number of carboxylic acids is 1. The summed E-state index contributed by atoms with van der Waals surface area (Å²) in [6.45, 7) is -0.204. The van der Waals surface area contributed by atoms with Crippen molar-refractivity contribution in [3.8, 4) is 0 Å². The zero-order valence-electron chi connectivity index (χ0n) is 12.0. The fraction of sp³-hybridized carbons (Fsp3) is 0.667. The number of hydroxylamine groups is 2. The summed E-state index contributed by atoms with van der Waals surface area (Å²) in [5, 5.41) is 14.3. The molecule has 1 saturated carbocycles. The molecule has 0 aromatic carbocycles. The monoisotopic (exact) mass is 320 g/mol. The third-order valence-electron chi connectivity index (χ3n) is 3.73. The molecule has 0 radical (unpaired) electrons. The van der Waals surface area contributed by atoms with Crippen LogP contribution in [-0.4, -0.2) is 47.2 Å². The number of rotatable bonds is 4. The molecule has 1 aliphatic carbocycles. The quantitative estimate of drug-likeness (QED) is 0.404. The summed E-state index contributed by atoms with van der Waals surface area (Å²) in [4.78, 5) is 51.4. The third kappa shape index (κ3) is 2.85. The van der Waals surface area contributed by atoms with Crippen LogP contribution >= 0.6 is 0 Å². The molecule has 10 heteroatoms. The Morgan fingerprint density at radius 1 is 1.32 bits per heavy atom. The molecular formula is C12H13N2NaO7. The number of carbonyl (C=O) groups excluding carboxylic acids is 4. The van der Waals surface area contributed by atoms with Crippen LogP contribution in [0.1, 0.15) is 25.7 Å². The van der Waals surface area contributed by atoms with Crippen LogP contribution in [-0.2, 0) is 28.8 Å². The number of amides is 2. The molecule has 0 aromatic rings. The third-order valence-corrected chi connectivity index (χ3v) is 3.73. The van der Waals surface area contributed by atoms with Gasteiger partial charge in [0.15, 0.2) is 0 Å². The van der Waals surface area contributed by atoms with Crippen LogP contribution in [0.3, 0.4) is 0 Å². The van der Waals surface area contributed by atoms with Gasteiger partial charge < -0.3 is 20.0 Å².